The largest absolute Gasteiger partial charge is 0.351 e. The van der Waals surface area contributed by atoms with Gasteiger partial charge in [-0.2, -0.15) is 0 Å². The van der Waals surface area contributed by atoms with Gasteiger partial charge in [0.1, 0.15) is 0 Å². The molecule has 7 nitrogen and oxygen atoms in total. The van der Waals surface area contributed by atoms with Crippen molar-refractivity contribution < 1.29 is 4.92 Å². The Labute approximate surface area is 260 Å². The Morgan fingerprint density at radius 1 is 0.930 bits per heavy atom. The quantitative estimate of drug-likeness (QED) is 0.108. The van der Waals surface area contributed by atoms with Gasteiger partial charge in [0.05, 0.1) is 22.7 Å². The molecule has 0 unspecified atom stereocenters. The van der Waals surface area contributed by atoms with E-state index >= 15 is 0 Å². The van der Waals surface area contributed by atoms with E-state index in [1.165, 1.54) is 23.3 Å². The fourth-order valence-electron chi connectivity index (χ4n) is 5.76. The third-order valence-corrected chi connectivity index (χ3v) is 9.22. The lowest BCUT2D eigenvalue weighted by molar-refractivity contribution is -0.384. The van der Waals surface area contributed by atoms with Gasteiger partial charge in [0.25, 0.3) is 5.69 Å². The van der Waals surface area contributed by atoms with Crippen LogP contribution in [0.5, 0.6) is 0 Å². The van der Waals surface area contributed by atoms with Crippen molar-refractivity contribution in [1.29, 1.82) is 0 Å². The Morgan fingerprint density at radius 3 is 2.19 bits per heavy atom. The number of nitrogens with zero attached hydrogens (tertiary/aromatic N) is 4. The second-order valence-electron chi connectivity index (χ2n) is 10.5. The molecule has 1 saturated heterocycles. The first kappa shape index (κ1) is 28.6. The summed E-state index contributed by atoms with van der Waals surface area (Å²) in [5, 5.41) is 15.2. The molecule has 0 radical (unpaired) electrons. The molecule has 1 aliphatic rings. The molecule has 0 spiro atoms. The molecule has 1 N–H and O–H groups in total. The second kappa shape index (κ2) is 12.0. The maximum absolute atomic E-state index is 11.0. The molecule has 5 aromatic rings. The lowest BCUT2D eigenvalue weighted by Crippen LogP contribution is -2.29. The first-order chi connectivity index (χ1) is 20.8. The SMILES string of the molecule is CCc1ccc(-n2c(C)cc([C@@H]3[C@@H](c4ccccn4)NC(=S)N3c3ccc(Sc4ccc([N+](=O)[O-])cc4)cc3)c2C)cc1. The minimum atomic E-state index is -0.385. The number of rotatable bonds is 8. The summed E-state index contributed by atoms with van der Waals surface area (Å²) >= 11 is 7.53. The van der Waals surface area contributed by atoms with Gasteiger partial charge < -0.3 is 14.8 Å². The summed E-state index contributed by atoms with van der Waals surface area (Å²) in [6.07, 6.45) is 2.83. The fourth-order valence-corrected chi connectivity index (χ4v) is 6.92. The van der Waals surface area contributed by atoms with Crippen molar-refractivity contribution >= 4 is 40.5 Å². The van der Waals surface area contributed by atoms with E-state index < -0.39 is 0 Å². The number of nitro groups is 1. The van der Waals surface area contributed by atoms with Crippen molar-refractivity contribution in [3.63, 3.8) is 0 Å². The molecule has 2 aromatic heterocycles. The van der Waals surface area contributed by atoms with Crippen molar-refractivity contribution in [1.82, 2.24) is 14.9 Å². The zero-order valence-electron chi connectivity index (χ0n) is 24.1. The number of aromatic nitrogens is 2. The maximum atomic E-state index is 11.0. The van der Waals surface area contributed by atoms with E-state index in [0.717, 1.165) is 44.7 Å². The monoisotopic (exact) mass is 605 g/mol. The number of nitro benzene ring substituents is 1. The smallest absolute Gasteiger partial charge is 0.269 e. The molecule has 0 aliphatic carbocycles. The average Bonchev–Trinajstić information content (AvgIpc) is 3.52. The summed E-state index contributed by atoms with van der Waals surface area (Å²) in [4.78, 5) is 19.5. The van der Waals surface area contributed by atoms with Gasteiger partial charge in [0, 0.05) is 50.9 Å². The van der Waals surface area contributed by atoms with Crippen LogP contribution < -0.4 is 10.2 Å². The minimum Gasteiger partial charge on any atom is -0.351 e. The van der Waals surface area contributed by atoms with E-state index in [0.29, 0.717) is 5.11 Å². The molecule has 3 heterocycles. The molecule has 1 fully saturated rings. The van der Waals surface area contributed by atoms with Gasteiger partial charge in [-0.05, 0) is 110 Å². The Balaban J connectivity index is 1.36. The molecule has 6 rings (SSSR count). The maximum Gasteiger partial charge on any atom is 0.269 e. The molecule has 1 aliphatic heterocycles. The molecule has 216 valence electrons. The number of benzene rings is 3. The van der Waals surface area contributed by atoms with Crippen LogP contribution in [0, 0.1) is 24.0 Å². The Hall–Kier alpha value is -4.47. The third kappa shape index (κ3) is 5.66. The molecular weight excluding hydrogens is 575 g/mol. The van der Waals surface area contributed by atoms with Crippen LogP contribution in [0.4, 0.5) is 11.4 Å². The number of nitrogens with one attached hydrogen (secondary N) is 1. The van der Waals surface area contributed by atoms with Gasteiger partial charge in [-0.15, -0.1) is 0 Å². The molecule has 3 aromatic carbocycles. The van der Waals surface area contributed by atoms with Crippen molar-refractivity contribution in [2.24, 2.45) is 0 Å². The van der Waals surface area contributed by atoms with Crippen LogP contribution in [-0.2, 0) is 6.42 Å². The first-order valence-electron chi connectivity index (χ1n) is 14.1. The van der Waals surface area contributed by atoms with E-state index in [9.17, 15) is 10.1 Å². The standard InChI is InChI=1S/C34H31N5O2S2/c1-4-24-8-10-25(11-9-24)37-22(2)21-30(23(37)3)33-32(31-7-5-6-20-35-31)36-34(42)38(33)26-12-16-28(17-13-26)43-29-18-14-27(15-19-29)39(40)41/h5-21,32-33H,4H2,1-3H3,(H,36,42)/t32-,33-/m1/s1. The van der Waals surface area contributed by atoms with E-state index in [4.69, 9.17) is 17.2 Å². The van der Waals surface area contributed by atoms with E-state index in [2.05, 4.69) is 90.2 Å². The predicted molar refractivity (Wildman–Crippen MR) is 176 cm³/mol. The van der Waals surface area contributed by atoms with Crippen molar-refractivity contribution in [2.75, 3.05) is 4.90 Å². The Morgan fingerprint density at radius 2 is 1.58 bits per heavy atom. The van der Waals surface area contributed by atoms with Crippen molar-refractivity contribution in [2.45, 2.75) is 49.1 Å². The van der Waals surface area contributed by atoms with Gasteiger partial charge in [-0.3, -0.25) is 15.1 Å². The summed E-state index contributed by atoms with van der Waals surface area (Å²) in [6, 6.07) is 31.7. The van der Waals surface area contributed by atoms with Crippen LogP contribution in [0.1, 0.15) is 47.2 Å². The van der Waals surface area contributed by atoms with Gasteiger partial charge in [0.2, 0.25) is 0 Å². The fraction of sp³-hybridized carbons (Fsp3) is 0.176. The summed E-state index contributed by atoms with van der Waals surface area (Å²) in [5.74, 6) is 0. The average molecular weight is 606 g/mol. The molecule has 9 heteroatoms. The van der Waals surface area contributed by atoms with Crippen LogP contribution in [0.15, 0.2) is 113 Å². The van der Waals surface area contributed by atoms with Crippen LogP contribution in [0.2, 0.25) is 0 Å². The summed E-state index contributed by atoms with van der Waals surface area (Å²) in [5.41, 5.74) is 7.95. The number of hydrogen-bond acceptors (Lipinski definition) is 5. The highest BCUT2D eigenvalue weighted by Gasteiger charge is 2.42. The zero-order chi connectivity index (χ0) is 30.1. The predicted octanol–water partition coefficient (Wildman–Crippen LogP) is 8.29. The van der Waals surface area contributed by atoms with E-state index in [1.807, 2.05) is 24.4 Å². The van der Waals surface area contributed by atoms with Gasteiger partial charge >= 0.3 is 0 Å². The molecule has 0 bridgehead atoms. The van der Waals surface area contributed by atoms with Crippen molar-refractivity contribution in [3.8, 4) is 5.69 Å². The molecular formula is C34H31N5O2S2. The topological polar surface area (TPSA) is 76.2 Å². The van der Waals surface area contributed by atoms with Crippen molar-refractivity contribution in [3.05, 3.63) is 142 Å². The van der Waals surface area contributed by atoms with Crippen LogP contribution >= 0.6 is 24.0 Å². The lowest BCUT2D eigenvalue weighted by Gasteiger charge is -2.28. The van der Waals surface area contributed by atoms with Crippen LogP contribution in [-0.4, -0.2) is 19.6 Å². The number of thiocarbonyl (C=S) groups is 1. The third-order valence-electron chi connectivity index (χ3n) is 7.89. The number of aryl methyl sites for hydroxylation is 2. The highest BCUT2D eigenvalue weighted by atomic mass is 32.2. The zero-order valence-corrected chi connectivity index (χ0v) is 25.7. The number of anilines is 1. The van der Waals surface area contributed by atoms with Crippen LogP contribution in [0.25, 0.3) is 5.69 Å². The molecule has 2 atom stereocenters. The Kier molecular flexibility index (Phi) is 8.01. The normalized spacial score (nSPS) is 16.3. The summed E-state index contributed by atoms with van der Waals surface area (Å²) in [7, 11) is 0. The number of non-ortho nitro benzene ring substituents is 1. The van der Waals surface area contributed by atoms with E-state index in [1.54, 1.807) is 23.9 Å². The van der Waals surface area contributed by atoms with Gasteiger partial charge in [0.15, 0.2) is 5.11 Å². The van der Waals surface area contributed by atoms with Crippen LogP contribution in [0.3, 0.4) is 0 Å². The molecule has 0 saturated carbocycles. The van der Waals surface area contributed by atoms with E-state index in [-0.39, 0.29) is 22.7 Å². The molecule has 0 amide bonds. The number of hydrogen-bond donors (Lipinski definition) is 1. The Bertz CT molecular complexity index is 1770. The summed E-state index contributed by atoms with van der Waals surface area (Å²) < 4.78 is 2.31. The molecule has 43 heavy (non-hydrogen) atoms. The summed E-state index contributed by atoms with van der Waals surface area (Å²) in [6.45, 7) is 6.49. The lowest BCUT2D eigenvalue weighted by atomic mass is 9.96. The highest BCUT2D eigenvalue weighted by molar-refractivity contribution is 7.99. The second-order valence-corrected chi connectivity index (χ2v) is 12.1. The highest BCUT2D eigenvalue weighted by Crippen LogP contribution is 2.44. The number of pyridine rings is 1. The minimum absolute atomic E-state index is 0.0839. The first-order valence-corrected chi connectivity index (χ1v) is 15.4. The van der Waals surface area contributed by atoms with Gasteiger partial charge in [-0.1, -0.05) is 36.9 Å². The van der Waals surface area contributed by atoms with Gasteiger partial charge in [-0.25, -0.2) is 0 Å².